The van der Waals surface area contributed by atoms with Gasteiger partial charge >= 0.3 is 59.7 Å². The summed E-state index contributed by atoms with van der Waals surface area (Å²) in [4.78, 5) is 110. The number of aliphatic hydroxyl groups excluding tert-OH is 2. The maximum absolute atomic E-state index is 11.5. The Labute approximate surface area is 904 Å². The molecule has 0 amide bonds. The fraction of sp³-hybridized carbons (Fsp3) is 0.587. The number of esters is 10. The van der Waals surface area contributed by atoms with Gasteiger partial charge in [0.15, 0.2) is 0 Å². The zero-order chi connectivity index (χ0) is 114. The third-order valence-corrected chi connectivity index (χ3v) is 24.7. The number of aliphatic hydroxyl groups is 2. The van der Waals surface area contributed by atoms with Crippen molar-refractivity contribution < 1.29 is 115 Å². The zero-order valence-electron chi connectivity index (χ0n) is 96.0. The Hall–Kier alpha value is -10.9. The maximum Gasteiger partial charge on any atom is 0.333 e. The van der Waals surface area contributed by atoms with Crippen molar-refractivity contribution in [1.29, 1.82) is 0 Å². The molecule has 4 fully saturated rings. The molecule has 0 aromatic rings. The normalized spacial score (nSPS) is 18.1. The van der Waals surface area contributed by atoms with E-state index in [-0.39, 0.29) is 86.5 Å². The number of hydrogen-bond donors (Lipinski definition) is 2. The molecule has 0 spiro atoms. The van der Waals surface area contributed by atoms with Crippen molar-refractivity contribution in [1.82, 2.24) is 0 Å². The molecule has 4 saturated carbocycles. The summed E-state index contributed by atoms with van der Waals surface area (Å²) in [6.07, 6.45) is 64.8. The maximum atomic E-state index is 11.5. The van der Waals surface area contributed by atoms with Gasteiger partial charge in [0.05, 0.1) is 39.1 Å². The first-order valence-corrected chi connectivity index (χ1v) is 53.8. The number of unbranched alkanes of at least 4 members (excludes halogenated alkanes) is 12. The van der Waals surface area contributed by atoms with Crippen molar-refractivity contribution in [2.24, 2.45) is 53.3 Å². The summed E-state index contributed by atoms with van der Waals surface area (Å²) in [6.45, 7) is 82.4. The zero-order valence-corrected chi connectivity index (χ0v) is 96.0. The van der Waals surface area contributed by atoms with Gasteiger partial charge in [-0.2, -0.15) is 0 Å². The van der Waals surface area contributed by atoms with Gasteiger partial charge in [-0.25, -0.2) is 47.9 Å². The van der Waals surface area contributed by atoms with Crippen LogP contribution >= 0.6 is 0 Å². The van der Waals surface area contributed by atoms with E-state index in [2.05, 4.69) is 223 Å². The summed E-state index contributed by atoms with van der Waals surface area (Å²) < 4.78 is 60.1. The van der Waals surface area contributed by atoms with Crippen molar-refractivity contribution in [3.63, 3.8) is 0 Å². The van der Waals surface area contributed by atoms with Crippen LogP contribution in [-0.4, -0.2) is 174 Å². The highest BCUT2D eigenvalue weighted by Gasteiger charge is 2.54. The van der Waals surface area contributed by atoms with Crippen molar-refractivity contribution in [3.8, 4) is 0 Å². The van der Waals surface area contributed by atoms with E-state index in [4.69, 9.17) is 42.6 Å². The highest BCUT2D eigenvalue weighted by Crippen LogP contribution is 2.58. The molecule has 13 unspecified atom stereocenters. The smallest absolute Gasteiger partial charge is 0.333 e. The van der Waals surface area contributed by atoms with Crippen LogP contribution in [-0.2, 0) is 105 Å². The Kier molecular flexibility index (Phi) is 84.6. The monoisotopic (exact) mass is 2090 g/mol. The molecule has 24 heteroatoms. The van der Waals surface area contributed by atoms with Crippen LogP contribution in [0, 0.1) is 53.3 Å². The van der Waals surface area contributed by atoms with Gasteiger partial charge in [0.1, 0.15) is 64.6 Å². The van der Waals surface area contributed by atoms with E-state index in [1.165, 1.54) is 156 Å². The van der Waals surface area contributed by atoms with Crippen LogP contribution in [0.2, 0.25) is 0 Å². The number of rotatable bonds is 62. The molecule has 0 saturated heterocycles. The predicted molar refractivity (Wildman–Crippen MR) is 609 cm³/mol. The van der Waals surface area contributed by atoms with E-state index in [9.17, 15) is 58.2 Å². The van der Waals surface area contributed by atoms with Crippen LogP contribution in [0.25, 0.3) is 0 Å². The fourth-order valence-corrected chi connectivity index (χ4v) is 16.2. The summed E-state index contributed by atoms with van der Waals surface area (Å²) in [5.74, 6) is 2.86. The topological polar surface area (TPSA) is 322 Å². The lowest BCUT2D eigenvalue weighted by Gasteiger charge is -2.31. The molecule has 6 aliphatic rings. The molecule has 0 aromatic carbocycles. The van der Waals surface area contributed by atoms with E-state index < -0.39 is 30.1 Å². The van der Waals surface area contributed by atoms with Crippen LogP contribution in [0.4, 0.5) is 0 Å². The van der Waals surface area contributed by atoms with Crippen molar-refractivity contribution in [3.05, 3.63) is 254 Å². The molecule has 6 rings (SSSR count). The quantitative estimate of drug-likeness (QED) is 0.0188. The third-order valence-electron chi connectivity index (χ3n) is 24.7. The van der Waals surface area contributed by atoms with Crippen LogP contribution in [0.1, 0.15) is 325 Å². The minimum atomic E-state index is -1.04. The van der Waals surface area contributed by atoms with Crippen LogP contribution in [0.15, 0.2) is 254 Å². The Bertz CT molecular complexity index is 4470. The largest absolute Gasteiger partial charge is 0.462 e. The Morgan fingerprint density at radius 1 is 0.333 bits per heavy atom. The molecule has 24 nitrogen and oxygen atoms in total. The molecule has 2 N–H and O–H groups in total. The molecule has 0 heterocycles. The first-order chi connectivity index (χ1) is 70.9. The summed E-state index contributed by atoms with van der Waals surface area (Å²) in [5.41, 5.74) is 11.8. The van der Waals surface area contributed by atoms with E-state index in [1.807, 2.05) is 19.1 Å². The first kappa shape index (κ1) is 143. The summed E-state index contributed by atoms with van der Waals surface area (Å²) in [7, 11) is 0. The van der Waals surface area contributed by atoms with Crippen molar-refractivity contribution in [2.75, 3.05) is 79.3 Å². The van der Waals surface area contributed by atoms with E-state index in [1.54, 1.807) is 61.5 Å². The number of carbonyl (C=O) groups is 10. The second-order valence-electron chi connectivity index (χ2n) is 40.7. The van der Waals surface area contributed by atoms with Crippen LogP contribution in [0.5, 0.6) is 0 Å². The second-order valence-corrected chi connectivity index (χ2v) is 40.7. The van der Waals surface area contributed by atoms with Gasteiger partial charge in [-0.1, -0.05) is 250 Å². The van der Waals surface area contributed by atoms with Crippen molar-refractivity contribution >= 4 is 59.7 Å². The average molecular weight is 2090 g/mol. The molecule has 0 aromatic heterocycles. The molecule has 13 atom stereocenters. The summed E-state index contributed by atoms with van der Waals surface area (Å²) in [5, 5.41) is 18.4. The summed E-state index contributed by atoms with van der Waals surface area (Å²) >= 11 is 0. The molecular formula is C126H196O24. The lowest BCUT2D eigenvalue weighted by Crippen LogP contribution is -2.32. The molecular weight excluding hydrogens is 1900 g/mol. The number of carbonyl (C=O) groups excluding carboxylic acids is 10. The predicted octanol–water partition coefficient (Wildman–Crippen LogP) is 27.9. The van der Waals surface area contributed by atoms with E-state index in [0.29, 0.717) is 121 Å². The number of fused-ring (bicyclic) bond motifs is 10. The van der Waals surface area contributed by atoms with E-state index >= 15 is 0 Å². The molecule has 4 bridgehead atoms. The van der Waals surface area contributed by atoms with Gasteiger partial charge in [-0.3, -0.25) is 0 Å². The third kappa shape index (κ3) is 75.7. The Morgan fingerprint density at radius 3 is 1.09 bits per heavy atom. The van der Waals surface area contributed by atoms with E-state index in [0.717, 1.165) is 113 Å². The van der Waals surface area contributed by atoms with Crippen molar-refractivity contribution in [2.45, 2.75) is 349 Å². The number of ether oxygens (including phenoxy) is 12. The molecule has 844 valence electrons. The van der Waals surface area contributed by atoms with Gasteiger partial charge in [-0.05, 0) is 313 Å². The Balaban J connectivity index is -0.00000163. The molecule has 150 heavy (non-hydrogen) atoms. The molecule has 0 radical (unpaired) electrons. The molecule has 0 aliphatic heterocycles. The van der Waals surface area contributed by atoms with Gasteiger partial charge in [0.2, 0.25) is 0 Å². The number of allylic oxidation sites excluding steroid dienone is 16. The van der Waals surface area contributed by atoms with Gasteiger partial charge in [-0.15, -0.1) is 6.58 Å². The Morgan fingerprint density at radius 2 is 0.680 bits per heavy atom. The second kappa shape index (κ2) is 88.7. The van der Waals surface area contributed by atoms with Gasteiger partial charge in [0.25, 0.3) is 0 Å². The van der Waals surface area contributed by atoms with Crippen LogP contribution in [0.3, 0.4) is 0 Å². The number of hydrogen-bond acceptors (Lipinski definition) is 24. The lowest BCUT2D eigenvalue weighted by atomic mass is 9.80. The van der Waals surface area contributed by atoms with Gasteiger partial charge < -0.3 is 67.1 Å². The minimum absolute atomic E-state index is 0.0805. The SMILES string of the molecule is C=C(C)C(=O)OC/C=C(\C)CC/C=C(\C)CCC=C(C)C.C=C(C)C(=O)OC/C=C(\C)CCC=C(C)C.C=C(C)C(=O)OC1CC2CC1C1C=CCC21.C=C(C)C(=O)OCCC(C)CCC=C(C)C.C=C(C)C(=O)OCCCCCCCC/C=C\CCCCCCCC.C=C(C)C(=O)OCCOC1CC2CC1C1C=CCC21.C=CC(=O)OCC(O)COC(=O)C(=C)C.C=CCOC(=O)C(=C)C.C=CCOCC(O)COC(=O)C(=C)C. The van der Waals surface area contributed by atoms with Crippen LogP contribution < -0.4 is 0 Å². The highest BCUT2D eigenvalue weighted by atomic mass is 16.6. The highest BCUT2D eigenvalue weighted by molar-refractivity contribution is 5.90. The minimum Gasteiger partial charge on any atom is -0.462 e. The standard InChI is InChI=1S/C22H40O2.C19H30O2.C16H22O3.C14H18O2.C14H24O2.C14H22O2.C10H14O5.C10H16O4.C7H10O2/c1-4-5-6-7-8-9-10-11-12-13-14-15-16-17-18-19-20-24-22(23)21(2)3;1-15(2)9-7-10-17(5)11-8-12-18(6)13-14-21-19(20)16(3)4;1-10(2)16(17)19-7-6-18-15-9-11-8-14(15)13-5-3-4-12(11)13;1-8(2)14(15)16-13-7-9-6-12(13)11-5-3-4-10(9)11;2*1-11(2)7-6-8-13(5)9-10-16-14(15)12(3)4;1-4-9(12)14-5-8(11)6-15-10(13)7(2)3;1-4-5-13-6-9(11)7-14-10(12)8(2)3;1-4-5-9-7(8)6(2)3/h11-12H,2,4-10,13-20H2,1,3H3;9,11,13H,3,7-8,10,12,14H2,1-2,4-6H3;3,5,11-15H,1,4,6-9H2,2H3;3,5,9-13H,1,4,6-7H2,2H3;7,13H,3,6,8-10H2,1-2,4-5H3;7,9H,3,6,8,10H2,1-2,4-5H3;4,8,11H,1-2,5-6H2,3H3;4,9,11H,1-2,5-7H2,3H3;4H,1-2,5H2,3H3/b12-11-;17-11+,18-13+;;;;13-9+;;;. The molecule has 6 aliphatic carbocycles. The van der Waals surface area contributed by atoms with Gasteiger partial charge in [0, 0.05) is 62.2 Å². The average Bonchev–Trinajstić information content (AvgIpc) is 1.60. The summed E-state index contributed by atoms with van der Waals surface area (Å²) in [6, 6.07) is 0. The lowest BCUT2D eigenvalue weighted by molar-refractivity contribution is -0.148. The first-order valence-electron chi connectivity index (χ1n) is 53.8. The fourth-order valence-electron chi connectivity index (χ4n) is 16.2.